The van der Waals surface area contributed by atoms with Crippen LogP contribution in [0.4, 0.5) is 11.4 Å². The van der Waals surface area contributed by atoms with Crippen molar-refractivity contribution in [2.75, 3.05) is 10.6 Å². The lowest BCUT2D eigenvalue weighted by Crippen LogP contribution is -2.21. The predicted molar refractivity (Wildman–Crippen MR) is 97.6 cm³/mol. The van der Waals surface area contributed by atoms with E-state index in [2.05, 4.69) is 31.7 Å². The summed E-state index contributed by atoms with van der Waals surface area (Å²) in [5.74, 6) is -0.0627. The van der Waals surface area contributed by atoms with Gasteiger partial charge in [0.1, 0.15) is 4.47 Å². The summed E-state index contributed by atoms with van der Waals surface area (Å²) in [5, 5.41) is 9.91. The fourth-order valence-electron chi connectivity index (χ4n) is 2.19. The fraction of sp³-hybridized carbons (Fsp3) is 0.118. The molecule has 2 heterocycles. The summed E-state index contributed by atoms with van der Waals surface area (Å²) in [7, 11) is 1.59. The zero-order valence-electron chi connectivity index (χ0n) is 13.3. The molecule has 1 aromatic carbocycles. The van der Waals surface area contributed by atoms with Crippen molar-refractivity contribution in [2.24, 2.45) is 7.05 Å². The highest BCUT2D eigenvalue weighted by molar-refractivity contribution is 9.10. The van der Waals surface area contributed by atoms with Crippen molar-refractivity contribution in [3.8, 4) is 0 Å². The Morgan fingerprint density at radius 2 is 2.16 bits per heavy atom. The summed E-state index contributed by atoms with van der Waals surface area (Å²) in [6.45, 7) is 0.470. The summed E-state index contributed by atoms with van der Waals surface area (Å²) < 4.78 is 6.74. The average Bonchev–Trinajstić information content (AvgIpc) is 3.14. The monoisotopic (exact) mass is 402 g/mol. The van der Waals surface area contributed by atoms with E-state index >= 15 is 0 Å². The maximum atomic E-state index is 12.0. The molecule has 128 valence electrons. The Hall–Kier alpha value is -2.87. The van der Waals surface area contributed by atoms with Crippen LogP contribution in [-0.4, -0.2) is 15.7 Å². The minimum atomic E-state index is -0.311. The molecule has 3 aromatic rings. The quantitative estimate of drug-likeness (QED) is 0.684. The van der Waals surface area contributed by atoms with Gasteiger partial charge in [-0.2, -0.15) is 5.10 Å². The summed E-state index contributed by atoms with van der Waals surface area (Å²) in [6.07, 6.45) is 3.03. The molecule has 0 aliphatic heterocycles. The summed E-state index contributed by atoms with van der Waals surface area (Å²) in [4.78, 5) is 23.9. The van der Waals surface area contributed by atoms with Crippen LogP contribution in [0, 0.1) is 0 Å². The van der Waals surface area contributed by atoms with Crippen molar-refractivity contribution in [3.05, 3.63) is 75.0 Å². The summed E-state index contributed by atoms with van der Waals surface area (Å²) >= 11 is 3.27. The highest BCUT2D eigenvalue weighted by Gasteiger charge is 2.09. The maximum Gasteiger partial charge on any atom is 0.291 e. The van der Waals surface area contributed by atoms with Crippen LogP contribution < -0.4 is 16.2 Å². The molecule has 2 aromatic heterocycles. The smallest absolute Gasteiger partial charge is 0.291 e. The van der Waals surface area contributed by atoms with E-state index in [4.69, 9.17) is 4.42 Å². The number of halogens is 1. The number of hydrogen-bond acceptors (Lipinski definition) is 5. The summed E-state index contributed by atoms with van der Waals surface area (Å²) in [6, 6.07) is 10.6. The Morgan fingerprint density at radius 3 is 2.92 bits per heavy atom. The number of carbonyl (C=O) groups excluding carboxylic acids is 1. The van der Waals surface area contributed by atoms with Gasteiger partial charge in [-0.25, -0.2) is 4.68 Å². The number of furan rings is 1. The van der Waals surface area contributed by atoms with Crippen molar-refractivity contribution < 1.29 is 9.21 Å². The molecule has 0 atom stereocenters. The van der Waals surface area contributed by atoms with Crippen LogP contribution in [0.2, 0.25) is 0 Å². The average molecular weight is 403 g/mol. The Morgan fingerprint density at radius 1 is 1.32 bits per heavy atom. The topological polar surface area (TPSA) is 89.2 Å². The van der Waals surface area contributed by atoms with E-state index in [-0.39, 0.29) is 17.2 Å². The molecule has 7 nitrogen and oxygen atoms in total. The van der Waals surface area contributed by atoms with E-state index in [1.165, 1.54) is 10.9 Å². The minimum absolute atomic E-state index is 0.218. The van der Waals surface area contributed by atoms with Gasteiger partial charge in [0.25, 0.3) is 11.5 Å². The molecule has 0 spiro atoms. The normalized spacial score (nSPS) is 10.5. The van der Waals surface area contributed by atoms with Gasteiger partial charge < -0.3 is 15.1 Å². The van der Waals surface area contributed by atoms with Gasteiger partial charge in [-0.05, 0) is 45.8 Å². The third-order valence-electron chi connectivity index (χ3n) is 3.49. The summed E-state index contributed by atoms with van der Waals surface area (Å²) in [5.41, 5.74) is 1.98. The minimum Gasteiger partial charge on any atom is -0.459 e. The largest absolute Gasteiger partial charge is 0.459 e. The number of aromatic nitrogens is 2. The number of amides is 1. The van der Waals surface area contributed by atoms with Crippen LogP contribution in [0.3, 0.4) is 0 Å². The molecule has 0 fully saturated rings. The van der Waals surface area contributed by atoms with E-state index in [0.717, 1.165) is 5.56 Å². The van der Waals surface area contributed by atoms with Gasteiger partial charge in [0.15, 0.2) is 5.76 Å². The second-order valence-electron chi connectivity index (χ2n) is 5.29. The molecular formula is C17H15BrN4O3. The molecule has 0 aliphatic carbocycles. The van der Waals surface area contributed by atoms with Crippen LogP contribution >= 0.6 is 15.9 Å². The third-order valence-corrected chi connectivity index (χ3v) is 4.26. The SMILES string of the molecule is Cn1ncc(NCc2cccc(NC(=O)c3ccco3)c2)c(Br)c1=O. The maximum absolute atomic E-state index is 12.0. The van der Waals surface area contributed by atoms with Crippen LogP contribution in [0.5, 0.6) is 0 Å². The molecule has 0 saturated carbocycles. The van der Waals surface area contributed by atoms with E-state index in [0.29, 0.717) is 22.4 Å². The second kappa shape index (κ2) is 7.35. The number of nitrogens with one attached hydrogen (secondary N) is 2. The fourth-order valence-corrected chi connectivity index (χ4v) is 2.69. The van der Waals surface area contributed by atoms with Gasteiger partial charge in [-0.3, -0.25) is 9.59 Å². The predicted octanol–water partition coefficient (Wildman–Crippen LogP) is 3.00. The molecule has 3 rings (SSSR count). The van der Waals surface area contributed by atoms with E-state index < -0.39 is 0 Å². The molecule has 1 amide bonds. The number of hydrogen-bond donors (Lipinski definition) is 2. The molecule has 25 heavy (non-hydrogen) atoms. The van der Waals surface area contributed by atoms with E-state index in [9.17, 15) is 9.59 Å². The van der Waals surface area contributed by atoms with Crippen molar-refractivity contribution in [1.82, 2.24) is 9.78 Å². The standard InChI is InChI=1S/C17H15BrN4O3/c1-22-17(24)15(18)13(10-20-22)19-9-11-4-2-5-12(8-11)21-16(23)14-6-3-7-25-14/h2-8,10,19H,9H2,1H3,(H,21,23). The lowest BCUT2D eigenvalue weighted by molar-refractivity contribution is 0.0996. The van der Waals surface area contributed by atoms with Gasteiger partial charge in [0.2, 0.25) is 0 Å². The number of anilines is 2. The lowest BCUT2D eigenvalue weighted by atomic mass is 10.2. The Labute approximate surface area is 151 Å². The molecule has 8 heteroatoms. The first-order valence-electron chi connectivity index (χ1n) is 7.44. The van der Waals surface area contributed by atoms with Crippen molar-refractivity contribution in [2.45, 2.75) is 6.54 Å². The van der Waals surface area contributed by atoms with Gasteiger partial charge >= 0.3 is 0 Å². The molecule has 0 radical (unpaired) electrons. The zero-order chi connectivity index (χ0) is 17.8. The first kappa shape index (κ1) is 17.0. The highest BCUT2D eigenvalue weighted by Crippen LogP contribution is 2.18. The van der Waals surface area contributed by atoms with Gasteiger partial charge in [-0.1, -0.05) is 12.1 Å². The van der Waals surface area contributed by atoms with Crippen LogP contribution in [0.15, 0.2) is 62.5 Å². The Bertz CT molecular complexity index is 951. The first-order chi connectivity index (χ1) is 12.0. The van der Waals surface area contributed by atoms with Crippen LogP contribution in [0.1, 0.15) is 16.1 Å². The number of aryl methyl sites for hydroxylation is 1. The first-order valence-corrected chi connectivity index (χ1v) is 8.23. The van der Waals surface area contributed by atoms with Gasteiger partial charge in [0.05, 0.1) is 18.1 Å². The number of carbonyl (C=O) groups is 1. The molecular weight excluding hydrogens is 388 g/mol. The second-order valence-corrected chi connectivity index (χ2v) is 6.08. The number of nitrogens with zero attached hydrogens (tertiary/aromatic N) is 2. The molecule has 0 bridgehead atoms. The number of benzene rings is 1. The Balaban J connectivity index is 1.69. The van der Waals surface area contributed by atoms with Crippen molar-refractivity contribution >= 4 is 33.2 Å². The molecule has 0 unspecified atom stereocenters. The van der Waals surface area contributed by atoms with Crippen molar-refractivity contribution in [1.29, 1.82) is 0 Å². The van der Waals surface area contributed by atoms with Crippen LogP contribution in [-0.2, 0) is 13.6 Å². The van der Waals surface area contributed by atoms with E-state index in [1.807, 2.05) is 18.2 Å². The van der Waals surface area contributed by atoms with Gasteiger partial charge in [0, 0.05) is 19.3 Å². The molecule has 0 aliphatic rings. The van der Waals surface area contributed by atoms with Crippen LogP contribution in [0.25, 0.3) is 0 Å². The molecule has 0 saturated heterocycles. The Kier molecular flexibility index (Phi) is 4.99. The highest BCUT2D eigenvalue weighted by atomic mass is 79.9. The lowest BCUT2D eigenvalue weighted by Gasteiger charge is -2.10. The van der Waals surface area contributed by atoms with Gasteiger partial charge in [-0.15, -0.1) is 0 Å². The van der Waals surface area contributed by atoms with Crippen molar-refractivity contribution in [3.63, 3.8) is 0 Å². The molecule has 2 N–H and O–H groups in total. The van der Waals surface area contributed by atoms with E-state index in [1.54, 1.807) is 31.4 Å². The number of rotatable bonds is 5. The third kappa shape index (κ3) is 3.97. The zero-order valence-corrected chi connectivity index (χ0v) is 14.9.